The zero-order valence-corrected chi connectivity index (χ0v) is 17.7. The van der Waals surface area contributed by atoms with Crippen molar-refractivity contribution in [3.8, 4) is 0 Å². The Balaban J connectivity index is 1.57. The molecule has 0 bridgehead atoms. The van der Waals surface area contributed by atoms with Gasteiger partial charge in [-0.05, 0) is 97.4 Å². The van der Waals surface area contributed by atoms with Crippen molar-refractivity contribution in [3.63, 3.8) is 0 Å². The first-order chi connectivity index (χ1) is 13.2. The fourth-order valence-corrected chi connectivity index (χ4v) is 8.28. The summed E-state index contributed by atoms with van der Waals surface area (Å²) in [5.41, 5.74) is 1.43. The third kappa shape index (κ3) is 3.06. The predicted molar refractivity (Wildman–Crippen MR) is 109 cm³/mol. The van der Waals surface area contributed by atoms with Crippen molar-refractivity contribution in [1.29, 1.82) is 0 Å². The van der Waals surface area contributed by atoms with E-state index in [1.165, 1.54) is 25.7 Å². The first-order valence-corrected chi connectivity index (χ1v) is 11.5. The van der Waals surface area contributed by atoms with E-state index in [1.807, 2.05) is 6.08 Å². The number of aliphatic carboxylic acids is 1. The summed E-state index contributed by atoms with van der Waals surface area (Å²) in [6.07, 6.45) is 9.72. The van der Waals surface area contributed by atoms with Gasteiger partial charge in [0.2, 0.25) is 0 Å². The summed E-state index contributed by atoms with van der Waals surface area (Å²) >= 11 is 0. The van der Waals surface area contributed by atoms with Gasteiger partial charge in [0.1, 0.15) is 0 Å². The molecule has 4 heteroatoms. The van der Waals surface area contributed by atoms with Crippen molar-refractivity contribution in [2.45, 2.75) is 90.8 Å². The predicted octanol–water partition coefficient (Wildman–Crippen LogP) is 4.40. The molecule has 0 saturated heterocycles. The van der Waals surface area contributed by atoms with E-state index in [0.29, 0.717) is 29.6 Å². The molecular formula is C24H38O4. The van der Waals surface area contributed by atoms with Gasteiger partial charge in [-0.25, -0.2) is 0 Å². The van der Waals surface area contributed by atoms with Crippen molar-refractivity contribution < 1.29 is 20.1 Å². The smallest absolute Gasteiger partial charge is 0.303 e. The molecule has 0 radical (unpaired) electrons. The van der Waals surface area contributed by atoms with Crippen LogP contribution in [0, 0.1) is 40.4 Å². The van der Waals surface area contributed by atoms with E-state index in [9.17, 15) is 15.0 Å². The molecular weight excluding hydrogens is 352 g/mol. The Morgan fingerprint density at radius 1 is 1.14 bits per heavy atom. The zero-order chi connectivity index (χ0) is 20.3. The third-order valence-electron chi connectivity index (χ3n) is 9.67. The van der Waals surface area contributed by atoms with Crippen LogP contribution < -0.4 is 0 Å². The van der Waals surface area contributed by atoms with Gasteiger partial charge in [0, 0.05) is 6.42 Å². The molecule has 0 heterocycles. The third-order valence-corrected chi connectivity index (χ3v) is 9.67. The van der Waals surface area contributed by atoms with E-state index in [1.54, 1.807) is 0 Å². The summed E-state index contributed by atoms with van der Waals surface area (Å²) in [4.78, 5) is 11.0. The number of hydrogen-bond acceptors (Lipinski definition) is 3. The van der Waals surface area contributed by atoms with Gasteiger partial charge < -0.3 is 15.3 Å². The van der Waals surface area contributed by atoms with Gasteiger partial charge in [-0.2, -0.15) is 0 Å². The Morgan fingerprint density at radius 3 is 2.61 bits per heavy atom. The summed E-state index contributed by atoms with van der Waals surface area (Å²) in [6.45, 7) is 7.07. The Kier molecular flexibility index (Phi) is 5.19. The van der Waals surface area contributed by atoms with Gasteiger partial charge in [0.15, 0.2) is 0 Å². The van der Waals surface area contributed by atoms with Crippen LogP contribution in [0.15, 0.2) is 11.6 Å². The minimum absolute atomic E-state index is 0.0376. The maximum atomic E-state index is 11.0. The number of fused-ring (bicyclic) bond motifs is 5. The summed E-state index contributed by atoms with van der Waals surface area (Å²) in [7, 11) is 0. The van der Waals surface area contributed by atoms with Crippen LogP contribution in [0.3, 0.4) is 0 Å². The Bertz CT molecular complexity index is 657. The second kappa shape index (κ2) is 7.12. The van der Waals surface area contributed by atoms with Gasteiger partial charge in [-0.3, -0.25) is 4.79 Å². The molecule has 0 aliphatic heterocycles. The minimum Gasteiger partial charge on any atom is -0.481 e. The van der Waals surface area contributed by atoms with Crippen molar-refractivity contribution in [1.82, 2.24) is 0 Å². The molecule has 158 valence electrons. The molecule has 4 rings (SSSR count). The molecule has 4 aliphatic carbocycles. The minimum atomic E-state index is -0.683. The molecule has 0 spiro atoms. The second-order valence-electron chi connectivity index (χ2n) is 10.9. The fourth-order valence-electron chi connectivity index (χ4n) is 8.28. The molecule has 0 aromatic rings. The van der Waals surface area contributed by atoms with Crippen molar-refractivity contribution >= 4 is 5.97 Å². The normalized spacial score (nSPS) is 48.8. The zero-order valence-electron chi connectivity index (χ0n) is 17.7. The highest BCUT2D eigenvalue weighted by Crippen LogP contribution is 2.67. The largest absolute Gasteiger partial charge is 0.481 e. The Labute approximate surface area is 169 Å². The number of hydrogen-bond donors (Lipinski definition) is 3. The van der Waals surface area contributed by atoms with Gasteiger partial charge in [-0.1, -0.05) is 26.8 Å². The molecule has 4 nitrogen and oxygen atoms in total. The maximum Gasteiger partial charge on any atom is 0.303 e. The van der Waals surface area contributed by atoms with Crippen molar-refractivity contribution in [3.05, 3.63) is 11.6 Å². The number of rotatable bonds is 4. The van der Waals surface area contributed by atoms with E-state index in [-0.39, 0.29) is 17.3 Å². The molecule has 0 aromatic heterocycles. The molecule has 9 atom stereocenters. The van der Waals surface area contributed by atoms with Gasteiger partial charge in [0.25, 0.3) is 0 Å². The summed E-state index contributed by atoms with van der Waals surface area (Å²) in [5, 5.41) is 30.2. The summed E-state index contributed by atoms with van der Waals surface area (Å²) in [5.74, 6) is 2.18. The molecule has 4 aliphatic rings. The molecule has 0 amide bonds. The lowest BCUT2D eigenvalue weighted by molar-refractivity contribution is -0.137. The highest BCUT2D eigenvalue weighted by molar-refractivity contribution is 5.66. The number of carboxylic acids is 1. The molecule has 3 fully saturated rings. The highest BCUT2D eigenvalue weighted by atomic mass is 16.4. The standard InChI is InChI=1S/C24H38O4/c1-14(4-7-22(27)28)17-5-6-18-16-13-21(26)20-12-15(25)8-10-24(20,3)19(16)9-11-23(17,18)2/h12,14-19,21,25-26H,4-11,13H2,1-3H3,(H,27,28)/t14-,15-,16-,17-,18+,19-,21+,23-,24+/m1/s1. The number of aliphatic hydroxyl groups excluding tert-OH is 2. The average Bonchev–Trinajstić information content (AvgIpc) is 2.99. The average molecular weight is 391 g/mol. The number of carbonyl (C=O) groups is 1. The van der Waals surface area contributed by atoms with Gasteiger partial charge >= 0.3 is 5.97 Å². The Hall–Kier alpha value is -0.870. The monoisotopic (exact) mass is 390 g/mol. The van der Waals surface area contributed by atoms with Crippen LogP contribution in [0.25, 0.3) is 0 Å². The van der Waals surface area contributed by atoms with Gasteiger partial charge in [0.05, 0.1) is 12.2 Å². The van der Waals surface area contributed by atoms with E-state index in [2.05, 4.69) is 20.8 Å². The van der Waals surface area contributed by atoms with Gasteiger partial charge in [-0.15, -0.1) is 0 Å². The van der Waals surface area contributed by atoms with Crippen LogP contribution in [-0.4, -0.2) is 33.5 Å². The lowest BCUT2D eigenvalue weighted by Crippen LogP contribution is -2.54. The van der Waals surface area contributed by atoms with Crippen LogP contribution in [0.5, 0.6) is 0 Å². The maximum absolute atomic E-state index is 11.0. The number of carboxylic acid groups (broad SMARTS) is 1. The van der Waals surface area contributed by atoms with E-state index >= 15 is 0 Å². The van der Waals surface area contributed by atoms with E-state index < -0.39 is 18.2 Å². The molecule has 3 N–H and O–H groups in total. The van der Waals surface area contributed by atoms with E-state index in [4.69, 9.17) is 5.11 Å². The molecule has 0 unspecified atom stereocenters. The lowest BCUT2D eigenvalue weighted by Gasteiger charge is -2.60. The van der Waals surface area contributed by atoms with Crippen LogP contribution in [-0.2, 0) is 4.79 Å². The SMILES string of the molecule is C[C@H](CCC(=O)O)[C@H]1CC[C@H]2[C@H]3C[C@H](O)C4=C[C@H](O)CC[C@@]4(C)[C@@H]3CC[C@]12C. The quantitative estimate of drug-likeness (QED) is 0.622. The molecule has 3 saturated carbocycles. The topological polar surface area (TPSA) is 77.8 Å². The molecule has 0 aromatic carbocycles. The number of aliphatic hydroxyl groups is 2. The van der Waals surface area contributed by atoms with E-state index in [0.717, 1.165) is 31.3 Å². The Morgan fingerprint density at radius 2 is 1.89 bits per heavy atom. The summed E-state index contributed by atoms with van der Waals surface area (Å²) in [6, 6.07) is 0. The summed E-state index contributed by atoms with van der Waals surface area (Å²) < 4.78 is 0. The first kappa shape index (κ1) is 20.4. The van der Waals surface area contributed by atoms with Crippen LogP contribution >= 0.6 is 0 Å². The fraction of sp³-hybridized carbons (Fsp3) is 0.875. The van der Waals surface area contributed by atoms with Crippen LogP contribution in [0.2, 0.25) is 0 Å². The second-order valence-corrected chi connectivity index (χ2v) is 10.9. The van der Waals surface area contributed by atoms with Crippen LogP contribution in [0.1, 0.15) is 78.6 Å². The highest BCUT2D eigenvalue weighted by Gasteiger charge is 2.60. The lowest BCUT2D eigenvalue weighted by atomic mass is 9.46. The van der Waals surface area contributed by atoms with Crippen molar-refractivity contribution in [2.24, 2.45) is 40.4 Å². The van der Waals surface area contributed by atoms with Crippen molar-refractivity contribution in [2.75, 3.05) is 0 Å². The van der Waals surface area contributed by atoms with Crippen LogP contribution in [0.4, 0.5) is 0 Å². The molecule has 28 heavy (non-hydrogen) atoms. The first-order valence-electron chi connectivity index (χ1n) is 11.5.